The van der Waals surface area contributed by atoms with Crippen LogP contribution in [0, 0.1) is 13.8 Å². The molecule has 0 radical (unpaired) electrons. The molecule has 7 heteroatoms. The zero-order valence-electron chi connectivity index (χ0n) is 13.4. The van der Waals surface area contributed by atoms with Crippen LogP contribution < -0.4 is 4.72 Å². The van der Waals surface area contributed by atoms with E-state index >= 15 is 0 Å². The predicted molar refractivity (Wildman–Crippen MR) is 92.4 cm³/mol. The lowest BCUT2D eigenvalue weighted by Crippen LogP contribution is -2.33. The third-order valence-electron chi connectivity index (χ3n) is 3.49. The largest absolute Gasteiger partial charge is 0.367 e. The molecule has 0 spiro atoms. The summed E-state index contributed by atoms with van der Waals surface area (Å²) >= 11 is 5.98. The van der Waals surface area contributed by atoms with Crippen LogP contribution >= 0.6 is 11.6 Å². The molecule has 2 aromatic rings. The van der Waals surface area contributed by atoms with Gasteiger partial charge in [0.05, 0.1) is 11.5 Å². The summed E-state index contributed by atoms with van der Waals surface area (Å²) in [5.41, 5.74) is 2.53. The number of carbonyl (C=O) groups excluding carboxylic acids is 1. The number of amides is 1. The molecule has 128 valence electrons. The summed E-state index contributed by atoms with van der Waals surface area (Å²) in [4.78, 5) is 11.9. The smallest absolute Gasteiger partial charge is 0.264 e. The fourth-order valence-electron chi connectivity index (χ4n) is 1.99. The van der Waals surface area contributed by atoms with E-state index in [-0.39, 0.29) is 18.1 Å². The van der Waals surface area contributed by atoms with Gasteiger partial charge in [-0.25, -0.2) is 13.1 Å². The molecule has 5 nitrogen and oxygen atoms in total. The minimum absolute atomic E-state index is 0.0463. The normalized spacial score (nSPS) is 11.3. The SMILES string of the molecule is Cc1ccc(S(=O)(=O)NC(=O)COCc2ccccc2Cl)cc1C. The molecule has 0 aromatic heterocycles. The average molecular weight is 368 g/mol. The van der Waals surface area contributed by atoms with Crippen molar-refractivity contribution in [2.75, 3.05) is 6.61 Å². The molecule has 2 aromatic carbocycles. The van der Waals surface area contributed by atoms with Crippen LogP contribution in [0.1, 0.15) is 16.7 Å². The summed E-state index contributed by atoms with van der Waals surface area (Å²) in [5, 5.41) is 0.528. The van der Waals surface area contributed by atoms with Gasteiger partial charge in [0.2, 0.25) is 0 Å². The molecule has 0 unspecified atom stereocenters. The van der Waals surface area contributed by atoms with Gasteiger partial charge in [0.1, 0.15) is 6.61 Å². The Morgan fingerprint density at radius 3 is 2.50 bits per heavy atom. The number of sulfonamides is 1. The van der Waals surface area contributed by atoms with Crippen molar-refractivity contribution in [3.8, 4) is 0 Å². The van der Waals surface area contributed by atoms with Gasteiger partial charge in [-0.15, -0.1) is 0 Å². The van der Waals surface area contributed by atoms with Crippen LogP contribution in [-0.4, -0.2) is 20.9 Å². The van der Waals surface area contributed by atoms with E-state index in [0.29, 0.717) is 5.02 Å². The average Bonchev–Trinajstić information content (AvgIpc) is 2.51. The standard InChI is InChI=1S/C17H18ClNO4S/c1-12-7-8-15(9-13(12)2)24(21,22)19-17(20)11-23-10-14-5-3-4-6-16(14)18/h3-9H,10-11H2,1-2H3,(H,19,20). The third-order valence-corrected chi connectivity index (χ3v) is 5.23. The Morgan fingerprint density at radius 1 is 1.12 bits per heavy atom. The molecule has 0 bridgehead atoms. The van der Waals surface area contributed by atoms with E-state index in [1.165, 1.54) is 12.1 Å². The molecule has 24 heavy (non-hydrogen) atoms. The highest BCUT2D eigenvalue weighted by Crippen LogP contribution is 2.16. The number of ether oxygens (including phenoxy) is 1. The quantitative estimate of drug-likeness (QED) is 0.851. The molecule has 0 atom stereocenters. The van der Waals surface area contributed by atoms with Crippen molar-refractivity contribution < 1.29 is 17.9 Å². The van der Waals surface area contributed by atoms with Gasteiger partial charge in [-0.1, -0.05) is 35.9 Å². The molecule has 1 amide bonds. The molecule has 1 N–H and O–H groups in total. The number of aryl methyl sites for hydroxylation is 2. The number of halogens is 1. The zero-order chi connectivity index (χ0) is 17.7. The van der Waals surface area contributed by atoms with Crippen LogP contribution in [0.4, 0.5) is 0 Å². The highest BCUT2D eigenvalue weighted by atomic mass is 35.5. The van der Waals surface area contributed by atoms with E-state index in [2.05, 4.69) is 0 Å². The highest BCUT2D eigenvalue weighted by Gasteiger charge is 2.18. The summed E-state index contributed by atoms with van der Waals surface area (Å²) in [5.74, 6) is -0.736. The number of carbonyl (C=O) groups is 1. The Morgan fingerprint density at radius 2 is 1.83 bits per heavy atom. The first-order valence-electron chi connectivity index (χ1n) is 7.23. The van der Waals surface area contributed by atoms with E-state index in [9.17, 15) is 13.2 Å². The van der Waals surface area contributed by atoms with Crippen molar-refractivity contribution in [1.29, 1.82) is 0 Å². The topological polar surface area (TPSA) is 72.5 Å². The molecular weight excluding hydrogens is 350 g/mol. The Labute approximate surface area is 146 Å². The summed E-state index contributed by atoms with van der Waals surface area (Å²) in [6.45, 7) is 3.43. The van der Waals surface area contributed by atoms with E-state index in [0.717, 1.165) is 16.7 Å². The maximum Gasteiger partial charge on any atom is 0.264 e. The van der Waals surface area contributed by atoms with Crippen LogP contribution in [0.25, 0.3) is 0 Å². The minimum atomic E-state index is -3.91. The lowest BCUT2D eigenvalue weighted by molar-refractivity contribution is -0.124. The van der Waals surface area contributed by atoms with Crippen molar-refractivity contribution in [2.45, 2.75) is 25.3 Å². The summed E-state index contributed by atoms with van der Waals surface area (Å²) < 4.78 is 31.6. The zero-order valence-corrected chi connectivity index (χ0v) is 14.9. The summed E-state index contributed by atoms with van der Waals surface area (Å²) in [7, 11) is -3.91. The van der Waals surface area contributed by atoms with Crippen LogP contribution in [0.5, 0.6) is 0 Å². The van der Waals surface area contributed by atoms with Gasteiger partial charge < -0.3 is 4.74 Å². The molecule has 0 aliphatic carbocycles. The van der Waals surface area contributed by atoms with Crippen molar-refractivity contribution in [2.24, 2.45) is 0 Å². The van der Waals surface area contributed by atoms with Gasteiger partial charge in [0.25, 0.3) is 15.9 Å². The monoisotopic (exact) mass is 367 g/mol. The molecule has 0 heterocycles. The van der Waals surface area contributed by atoms with Crippen molar-refractivity contribution in [3.63, 3.8) is 0 Å². The minimum Gasteiger partial charge on any atom is -0.367 e. The number of nitrogens with one attached hydrogen (secondary N) is 1. The first-order valence-corrected chi connectivity index (χ1v) is 9.10. The molecule has 2 rings (SSSR count). The number of hydrogen-bond acceptors (Lipinski definition) is 4. The van der Waals surface area contributed by atoms with E-state index < -0.39 is 15.9 Å². The lowest BCUT2D eigenvalue weighted by Gasteiger charge is -2.09. The first-order chi connectivity index (χ1) is 11.3. The molecule has 0 aliphatic heterocycles. The lowest BCUT2D eigenvalue weighted by atomic mass is 10.1. The summed E-state index contributed by atoms with van der Waals surface area (Å²) in [6, 6.07) is 11.8. The van der Waals surface area contributed by atoms with Gasteiger partial charge >= 0.3 is 0 Å². The number of rotatable bonds is 6. The van der Waals surface area contributed by atoms with Gasteiger partial charge in [0, 0.05) is 5.02 Å². The highest BCUT2D eigenvalue weighted by molar-refractivity contribution is 7.90. The maximum absolute atomic E-state index is 12.2. The van der Waals surface area contributed by atoms with Gasteiger partial charge in [0.15, 0.2) is 0 Å². The fraction of sp³-hybridized carbons (Fsp3) is 0.235. The van der Waals surface area contributed by atoms with Crippen molar-refractivity contribution in [3.05, 3.63) is 64.2 Å². The molecule has 0 saturated heterocycles. The van der Waals surface area contributed by atoms with Gasteiger partial charge in [-0.05, 0) is 48.7 Å². The second kappa shape index (κ2) is 7.79. The van der Waals surface area contributed by atoms with Gasteiger partial charge in [-0.2, -0.15) is 0 Å². The first kappa shape index (κ1) is 18.4. The Bertz CT molecular complexity index is 849. The van der Waals surface area contributed by atoms with E-state index in [1.807, 2.05) is 18.6 Å². The predicted octanol–water partition coefficient (Wildman–Crippen LogP) is 2.98. The summed E-state index contributed by atoms with van der Waals surface area (Å²) in [6.07, 6.45) is 0. The van der Waals surface area contributed by atoms with Crippen molar-refractivity contribution >= 4 is 27.5 Å². The van der Waals surface area contributed by atoms with Crippen molar-refractivity contribution in [1.82, 2.24) is 4.72 Å². The molecule has 0 saturated carbocycles. The Kier molecular flexibility index (Phi) is 5.99. The fourth-order valence-corrected chi connectivity index (χ4v) is 3.23. The van der Waals surface area contributed by atoms with E-state index in [4.69, 9.17) is 16.3 Å². The number of hydrogen-bond donors (Lipinski definition) is 1. The Balaban J connectivity index is 1.93. The number of benzene rings is 2. The van der Waals surface area contributed by atoms with Crippen LogP contribution in [0.3, 0.4) is 0 Å². The second-order valence-electron chi connectivity index (χ2n) is 5.36. The van der Waals surface area contributed by atoms with Gasteiger partial charge in [-0.3, -0.25) is 4.79 Å². The second-order valence-corrected chi connectivity index (χ2v) is 7.45. The van der Waals surface area contributed by atoms with Crippen LogP contribution in [0.15, 0.2) is 47.4 Å². The molecular formula is C17H18ClNO4S. The third kappa shape index (κ3) is 4.80. The Hall–Kier alpha value is -1.89. The van der Waals surface area contributed by atoms with Crippen LogP contribution in [0.2, 0.25) is 5.02 Å². The van der Waals surface area contributed by atoms with Crippen LogP contribution in [-0.2, 0) is 26.2 Å². The molecule has 0 aliphatic rings. The molecule has 0 fully saturated rings. The van der Waals surface area contributed by atoms with E-state index in [1.54, 1.807) is 30.3 Å². The maximum atomic E-state index is 12.2.